The Morgan fingerprint density at radius 1 is 1.12 bits per heavy atom. The van der Waals surface area contributed by atoms with Crippen LogP contribution in [0.1, 0.15) is 21.7 Å². The summed E-state index contributed by atoms with van der Waals surface area (Å²) in [7, 11) is 0. The first-order valence-electron chi connectivity index (χ1n) is 7.45. The van der Waals surface area contributed by atoms with Crippen LogP contribution >= 0.6 is 0 Å². The van der Waals surface area contributed by atoms with Crippen molar-refractivity contribution in [2.24, 2.45) is 0 Å². The van der Waals surface area contributed by atoms with Crippen LogP contribution in [0.25, 0.3) is 0 Å². The number of rotatable bonds is 6. The van der Waals surface area contributed by atoms with E-state index in [-0.39, 0.29) is 18.3 Å². The number of halogens is 1. The standard InChI is InChI=1S/C18H16FN3O2/c19-17-6-2-1-4-13(17)10-22-18(23)14-8-15(11-20-9-14)21-12-16-5-3-7-24-16/h1-9,11,21H,10,12H2,(H,22,23). The third-order valence-electron chi connectivity index (χ3n) is 3.44. The first-order valence-corrected chi connectivity index (χ1v) is 7.45. The van der Waals surface area contributed by atoms with Crippen molar-refractivity contribution in [3.8, 4) is 0 Å². The number of hydrogen-bond acceptors (Lipinski definition) is 4. The Kier molecular flexibility index (Phi) is 4.86. The second kappa shape index (κ2) is 7.41. The molecule has 2 N–H and O–H groups in total. The number of anilines is 1. The van der Waals surface area contributed by atoms with Gasteiger partial charge in [0, 0.05) is 24.5 Å². The average molecular weight is 325 g/mol. The summed E-state index contributed by atoms with van der Waals surface area (Å²) in [6.45, 7) is 0.616. The van der Waals surface area contributed by atoms with Gasteiger partial charge >= 0.3 is 0 Å². The maximum absolute atomic E-state index is 13.6. The van der Waals surface area contributed by atoms with Gasteiger partial charge < -0.3 is 15.1 Å². The minimum atomic E-state index is -0.343. The Hall–Kier alpha value is -3.15. The summed E-state index contributed by atoms with van der Waals surface area (Å²) >= 11 is 0. The molecule has 122 valence electrons. The molecule has 0 saturated carbocycles. The molecule has 0 spiro atoms. The van der Waals surface area contributed by atoms with Gasteiger partial charge in [0.1, 0.15) is 11.6 Å². The summed E-state index contributed by atoms with van der Waals surface area (Å²) in [6, 6.07) is 11.7. The molecule has 2 heterocycles. The van der Waals surface area contributed by atoms with Gasteiger partial charge in [-0.1, -0.05) is 18.2 Å². The third-order valence-corrected chi connectivity index (χ3v) is 3.44. The quantitative estimate of drug-likeness (QED) is 0.729. The lowest BCUT2D eigenvalue weighted by molar-refractivity contribution is 0.0950. The van der Waals surface area contributed by atoms with Crippen LogP contribution in [-0.4, -0.2) is 10.9 Å². The molecule has 1 amide bonds. The topological polar surface area (TPSA) is 67.2 Å². The lowest BCUT2D eigenvalue weighted by Gasteiger charge is -2.08. The van der Waals surface area contributed by atoms with Gasteiger partial charge in [-0.3, -0.25) is 9.78 Å². The van der Waals surface area contributed by atoms with Crippen molar-refractivity contribution < 1.29 is 13.6 Å². The number of carbonyl (C=O) groups excluding carboxylic acids is 1. The molecule has 2 aromatic heterocycles. The monoisotopic (exact) mass is 325 g/mol. The van der Waals surface area contributed by atoms with Crippen molar-refractivity contribution in [3.05, 3.63) is 83.8 Å². The highest BCUT2D eigenvalue weighted by atomic mass is 19.1. The van der Waals surface area contributed by atoms with Crippen LogP contribution in [0, 0.1) is 5.82 Å². The van der Waals surface area contributed by atoms with E-state index in [0.29, 0.717) is 23.4 Å². The van der Waals surface area contributed by atoms with Gasteiger partial charge in [0.05, 0.1) is 24.1 Å². The van der Waals surface area contributed by atoms with Crippen LogP contribution in [0.15, 0.2) is 65.5 Å². The van der Waals surface area contributed by atoms with E-state index in [1.54, 1.807) is 36.7 Å². The molecule has 3 aromatic rings. The molecule has 0 radical (unpaired) electrons. The molecule has 5 nitrogen and oxygen atoms in total. The number of aromatic nitrogens is 1. The zero-order valence-corrected chi connectivity index (χ0v) is 12.8. The van der Waals surface area contributed by atoms with E-state index < -0.39 is 0 Å². The van der Waals surface area contributed by atoms with Gasteiger partial charge in [0.15, 0.2) is 0 Å². The van der Waals surface area contributed by atoms with Gasteiger partial charge in [-0.25, -0.2) is 4.39 Å². The van der Waals surface area contributed by atoms with Crippen molar-refractivity contribution >= 4 is 11.6 Å². The zero-order chi connectivity index (χ0) is 16.8. The van der Waals surface area contributed by atoms with Gasteiger partial charge in [-0.2, -0.15) is 0 Å². The minimum absolute atomic E-state index is 0.121. The fourth-order valence-electron chi connectivity index (χ4n) is 2.18. The summed E-state index contributed by atoms with van der Waals surface area (Å²) in [5, 5.41) is 5.82. The molecule has 0 saturated heterocycles. The predicted molar refractivity (Wildman–Crippen MR) is 87.8 cm³/mol. The van der Waals surface area contributed by atoms with E-state index >= 15 is 0 Å². The number of nitrogens with one attached hydrogen (secondary N) is 2. The average Bonchev–Trinajstić information content (AvgIpc) is 3.13. The molecule has 0 fully saturated rings. The largest absolute Gasteiger partial charge is 0.467 e. The van der Waals surface area contributed by atoms with E-state index in [1.807, 2.05) is 12.1 Å². The SMILES string of the molecule is O=C(NCc1ccccc1F)c1cncc(NCc2ccco2)c1. The Morgan fingerprint density at radius 2 is 2.00 bits per heavy atom. The molecule has 0 aliphatic heterocycles. The predicted octanol–water partition coefficient (Wildman–Crippen LogP) is 3.36. The summed E-state index contributed by atoms with van der Waals surface area (Å²) in [5.41, 5.74) is 1.53. The number of carbonyl (C=O) groups is 1. The van der Waals surface area contributed by atoms with Crippen molar-refractivity contribution in [3.63, 3.8) is 0 Å². The zero-order valence-electron chi connectivity index (χ0n) is 12.8. The number of hydrogen-bond donors (Lipinski definition) is 2. The van der Waals surface area contributed by atoms with E-state index in [0.717, 1.165) is 5.76 Å². The van der Waals surface area contributed by atoms with E-state index in [4.69, 9.17) is 4.42 Å². The highest BCUT2D eigenvalue weighted by molar-refractivity contribution is 5.94. The first-order chi connectivity index (χ1) is 11.7. The minimum Gasteiger partial charge on any atom is -0.467 e. The summed E-state index contributed by atoms with van der Waals surface area (Å²) in [6.07, 6.45) is 4.69. The van der Waals surface area contributed by atoms with Crippen molar-refractivity contribution in [2.75, 3.05) is 5.32 Å². The number of benzene rings is 1. The Balaban J connectivity index is 1.60. The van der Waals surface area contributed by atoms with Crippen LogP contribution < -0.4 is 10.6 Å². The number of furan rings is 1. The summed E-state index contributed by atoms with van der Waals surface area (Å²) in [5.74, 6) is 0.126. The molecule has 24 heavy (non-hydrogen) atoms. The second-order valence-electron chi connectivity index (χ2n) is 5.17. The Bertz CT molecular complexity index is 819. The molecule has 0 bridgehead atoms. The van der Waals surface area contributed by atoms with Crippen LogP contribution in [-0.2, 0) is 13.1 Å². The first kappa shape index (κ1) is 15.7. The fraction of sp³-hybridized carbons (Fsp3) is 0.111. The molecular formula is C18H16FN3O2. The second-order valence-corrected chi connectivity index (χ2v) is 5.17. The Morgan fingerprint density at radius 3 is 2.79 bits per heavy atom. The lowest BCUT2D eigenvalue weighted by Crippen LogP contribution is -2.23. The van der Waals surface area contributed by atoms with Gasteiger partial charge in [-0.05, 0) is 24.3 Å². The highest BCUT2D eigenvalue weighted by Crippen LogP contribution is 2.11. The van der Waals surface area contributed by atoms with Crippen LogP contribution in [0.5, 0.6) is 0 Å². The lowest BCUT2D eigenvalue weighted by atomic mass is 10.2. The molecular weight excluding hydrogens is 309 g/mol. The van der Waals surface area contributed by atoms with Crippen LogP contribution in [0.4, 0.5) is 10.1 Å². The number of pyridine rings is 1. The van der Waals surface area contributed by atoms with Crippen molar-refractivity contribution in [2.45, 2.75) is 13.1 Å². The number of nitrogens with zero attached hydrogens (tertiary/aromatic N) is 1. The van der Waals surface area contributed by atoms with E-state index in [9.17, 15) is 9.18 Å². The van der Waals surface area contributed by atoms with E-state index in [1.165, 1.54) is 12.3 Å². The molecule has 0 atom stereocenters. The van der Waals surface area contributed by atoms with Crippen molar-refractivity contribution in [1.82, 2.24) is 10.3 Å². The number of amides is 1. The van der Waals surface area contributed by atoms with E-state index in [2.05, 4.69) is 15.6 Å². The smallest absolute Gasteiger partial charge is 0.253 e. The van der Waals surface area contributed by atoms with Crippen LogP contribution in [0.3, 0.4) is 0 Å². The van der Waals surface area contributed by atoms with Crippen LogP contribution in [0.2, 0.25) is 0 Å². The normalized spacial score (nSPS) is 10.4. The molecule has 0 unspecified atom stereocenters. The highest BCUT2D eigenvalue weighted by Gasteiger charge is 2.08. The Labute approximate surface area is 138 Å². The van der Waals surface area contributed by atoms with Crippen molar-refractivity contribution in [1.29, 1.82) is 0 Å². The van der Waals surface area contributed by atoms with Gasteiger partial charge in [0.25, 0.3) is 5.91 Å². The van der Waals surface area contributed by atoms with Gasteiger partial charge in [0.2, 0.25) is 0 Å². The molecule has 0 aliphatic rings. The molecule has 3 rings (SSSR count). The molecule has 0 aliphatic carbocycles. The maximum atomic E-state index is 13.6. The third kappa shape index (κ3) is 3.98. The summed E-state index contributed by atoms with van der Waals surface area (Å²) < 4.78 is 18.8. The van der Waals surface area contributed by atoms with Gasteiger partial charge in [-0.15, -0.1) is 0 Å². The molecule has 6 heteroatoms. The summed E-state index contributed by atoms with van der Waals surface area (Å²) in [4.78, 5) is 16.2. The maximum Gasteiger partial charge on any atom is 0.253 e. The molecule has 1 aromatic carbocycles. The fourth-order valence-corrected chi connectivity index (χ4v) is 2.18.